The molecular weight excluding hydrogens is 487 g/mol. The third-order valence-corrected chi connectivity index (χ3v) is 7.22. The van der Waals surface area contributed by atoms with E-state index in [1.165, 1.54) is 47.7 Å². The Kier molecular flexibility index (Phi) is 5.33. The molecule has 12 heteroatoms. The second-order valence-corrected chi connectivity index (χ2v) is 9.76. The first-order valence-corrected chi connectivity index (χ1v) is 12.1. The van der Waals surface area contributed by atoms with Crippen LogP contribution in [0.4, 0.5) is 18.3 Å². The number of pyridine rings is 1. The molecule has 0 saturated carbocycles. The van der Waals surface area contributed by atoms with E-state index in [0.29, 0.717) is 22.0 Å². The third-order valence-electron chi connectivity index (χ3n) is 5.06. The van der Waals surface area contributed by atoms with Gasteiger partial charge in [-0.05, 0) is 35.7 Å². The van der Waals surface area contributed by atoms with Gasteiger partial charge in [-0.2, -0.15) is 13.2 Å². The second-order valence-electron chi connectivity index (χ2n) is 7.18. The highest BCUT2D eigenvalue weighted by Crippen LogP contribution is 2.37. The van der Waals surface area contributed by atoms with Crippen LogP contribution in [0.1, 0.15) is 5.56 Å². The molecule has 5 aromatic rings. The van der Waals surface area contributed by atoms with Crippen LogP contribution in [-0.2, 0) is 16.2 Å². The Labute approximate surface area is 195 Å². The second kappa shape index (κ2) is 8.22. The molecule has 3 aromatic heterocycles. The predicted molar refractivity (Wildman–Crippen MR) is 122 cm³/mol. The number of alkyl halides is 3. The Morgan fingerprint density at radius 2 is 1.82 bits per heavy atom. The number of hydrogen-bond donors (Lipinski definition) is 1. The Bertz CT molecular complexity index is 1580. The molecule has 0 amide bonds. The van der Waals surface area contributed by atoms with E-state index in [-0.39, 0.29) is 15.7 Å². The minimum atomic E-state index is -4.52. The average molecular weight is 502 g/mol. The zero-order valence-corrected chi connectivity index (χ0v) is 18.7. The number of rotatable bonds is 5. The van der Waals surface area contributed by atoms with E-state index in [1.54, 1.807) is 23.7 Å². The van der Waals surface area contributed by atoms with Crippen molar-refractivity contribution in [1.82, 2.24) is 19.5 Å². The number of imidazole rings is 1. The van der Waals surface area contributed by atoms with Crippen LogP contribution >= 0.6 is 11.3 Å². The van der Waals surface area contributed by atoms with Crippen LogP contribution in [0.5, 0.6) is 0 Å². The smallest absolute Gasteiger partial charge is 0.306 e. The van der Waals surface area contributed by atoms with Gasteiger partial charge in [-0.1, -0.05) is 12.1 Å². The van der Waals surface area contributed by atoms with Crippen molar-refractivity contribution in [3.05, 3.63) is 84.5 Å². The lowest BCUT2D eigenvalue weighted by molar-refractivity contribution is -0.137. The van der Waals surface area contributed by atoms with Crippen molar-refractivity contribution >= 4 is 37.3 Å². The fourth-order valence-electron chi connectivity index (χ4n) is 3.51. The van der Waals surface area contributed by atoms with Gasteiger partial charge >= 0.3 is 6.18 Å². The molecule has 0 unspecified atom stereocenters. The van der Waals surface area contributed by atoms with Gasteiger partial charge in [0.05, 0.1) is 28.2 Å². The van der Waals surface area contributed by atoms with Gasteiger partial charge in [0.15, 0.2) is 5.13 Å². The van der Waals surface area contributed by atoms with E-state index >= 15 is 0 Å². The van der Waals surface area contributed by atoms with Gasteiger partial charge in [0.1, 0.15) is 0 Å². The lowest BCUT2D eigenvalue weighted by Crippen LogP contribution is -2.12. The van der Waals surface area contributed by atoms with E-state index in [4.69, 9.17) is 0 Å². The zero-order valence-electron chi connectivity index (χ0n) is 17.1. The number of halogens is 3. The van der Waals surface area contributed by atoms with Gasteiger partial charge in [-0.25, -0.2) is 18.4 Å². The van der Waals surface area contributed by atoms with Crippen LogP contribution in [-0.4, -0.2) is 27.9 Å². The molecule has 0 aliphatic carbocycles. The largest absolute Gasteiger partial charge is 0.416 e. The number of benzene rings is 2. The zero-order chi connectivity index (χ0) is 23.9. The highest BCUT2D eigenvalue weighted by Gasteiger charge is 2.31. The molecule has 0 fully saturated rings. The van der Waals surface area contributed by atoms with Crippen LogP contribution in [0.25, 0.3) is 27.7 Å². The van der Waals surface area contributed by atoms with Crippen molar-refractivity contribution in [1.29, 1.82) is 0 Å². The Balaban J connectivity index is 1.64. The number of anilines is 1. The van der Waals surface area contributed by atoms with Crippen molar-refractivity contribution in [2.75, 3.05) is 4.72 Å². The topological polar surface area (TPSA) is 89.8 Å². The van der Waals surface area contributed by atoms with Crippen molar-refractivity contribution in [3.63, 3.8) is 0 Å². The highest BCUT2D eigenvalue weighted by molar-refractivity contribution is 7.93. The van der Waals surface area contributed by atoms with Crippen LogP contribution < -0.4 is 4.72 Å². The Morgan fingerprint density at radius 3 is 2.53 bits per heavy atom. The first-order chi connectivity index (χ1) is 16.2. The summed E-state index contributed by atoms with van der Waals surface area (Å²) in [6, 6.07) is 9.52. The van der Waals surface area contributed by atoms with Crippen LogP contribution in [0, 0.1) is 0 Å². The predicted octanol–water partition coefficient (Wildman–Crippen LogP) is 5.36. The Morgan fingerprint density at radius 1 is 0.971 bits per heavy atom. The van der Waals surface area contributed by atoms with Gasteiger partial charge in [-0.3, -0.25) is 9.71 Å². The summed E-state index contributed by atoms with van der Waals surface area (Å²) >= 11 is 1.15. The molecule has 1 N–H and O–H groups in total. The summed E-state index contributed by atoms with van der Waals surface area (Å²) in [5.41, 5.74) is 0.288. The first kappa shape index (κ1) is 22.0. The normalized spacial score (nSPS) is 12.2. The molecule has 0 radical (unpaired) electrons. The summed E-state index contributed by atoms with van der Waals surface area (Å²) in [6.45, 7) is 0. The molecule has 7 nitrogen and oxygen atoms in total. The number of sulfonamides is 1. The Hall–Kier alpha value is -3.77. The summed E-state index contributed by atoms with van der Waals surface area (Å²) in [4.78, 5) is 12.3. The van der Waals surface area contributed by atoms with E-state index in [9.17, 15) is 21.6 Å². The molecule has 0 bridgehead atoms. The number of thiazole rings is 1. The lowest BCUT2D eigenvalue weighted by atomic mass is 10.0. The molecule has 172 valence electrons. The number of nitrogens with zero attached hydrogens (tertiary/aromatic N) is 4. The van der Waals surface area contributed by atoms with Gasteiger partial charge < -0.3 is 4.57 Å². The summed E-state index contributed by atoms with van der Waals surface area (Å²) in [7, 11) is -3.88. The van der Waals surface area contributed by atoms with Gasteiger partial charge in [0.2, 0.25) is 0 Å². The fraction of sp³-hybridized carbons (Fsp3) is 0.0455. The molecule has 34 heavy (non-hydrogen) atoms. The molecule has 5 rings (SSSR count). The maximum atomic E-state index is 13.4. The van der Waals surface area contributed by atoms with Crippen LogP contribution in [0.3, 0.4) is 0 Å². The van der Waals surface area contributed by atoms with Crippen LogP contribution in [0.15, 0.2) is 83.9 Å². The molecule has 0 aliphatic heterocycles. The molecule has 0 spiro atoms. The monoisotopic (exact) mass is 501 g/mol. The standard InChI is InChI=1S/C22H14F3N5O2S2/c23-22(24,25)15-1-3-18(19(12-15)30-9-7-26-13-30)20-17-4-2-16(11-14(17)5-6-27-20)34(31,32)29-21-28-8-10-33-21/h1-13H,(H,28,29). The summed E-state index contributed by atoms with van der Waals surface area (Å²) in [6.07, 6.45) is 2.86. The number of aromatic nitrogens is 4. The summed E-state index contributed by atoms with van der Waals surface area (Å²) in [5.74, 6) is 0. The van der Waals surface area contributed by atoms with E-state index < -0.39 is 21.8 Å². The molecule has 0 aliphatic rings. The highest BCUT2D eigenvalue weighted by atomic mass is 32.2. The first-order valence-electron chi connectivity index (χ1n) is 9.73. The lowest BCUT2D eigenvalue weighted by Gasteiger charge is -2.15. The number of fused-ring (bicyclic) bond motifs is 1. The van der Waals surface area contributed by atoms with Crippen LogP contribution in [0.2, 0.25) is 0 Å². The van der Waals surface area contributed by atoms with Crippen molar-refractivity contribution in [2.45, 2.75) is 11.1 Å². The minimum absolute atomic E-state index is 0.0228. The van der Waals surface area contributed by atoms with E-state index in [2.05, 4.69) is 19.7 Å². The molecule has 0 saturated heterocycles. The number of hydrogen-bond acceptors (Lipinski definition) is 6. The quantitative estimate of drug-likeness (QED) is 0.350. The van der Waals surface area contributed by atoms with Gasteiger partial charge in [0.25, 0.3) is 10.0 Å². The minimum Gasteiger partial charge on any atom is -0.306 e. The van der Waals surface area contributed by atoms with E-state index in [0.717, 1.165) is 23.5 Å². The van der Waals surface area contributed by atoms with Crippen molar-refractivity contribution in [2.24, 2.45) is 0 Å². The van der Waals surface area contributed by atoms with Gasteiger partial charge in [-0.15, -0.1) is 11.3 Å². The maximum Gasteiger partial charge on any atom is 0.416 e. The molecule has 2 aromatic carbocycles. The van der Waals surface area contributed by atoms with Crippen molar-refractivity contribution in [3.8, 4) is 16.9 Å². The summed E-state index contributed by atoms with van der Waals surface area (Å²) < 4.78 is 69.6. The molecular formula is C22H14F3N5O2S2. The average Bonchev–Trinajstić information content (AvgIpc) is 3.51. The maximum absolute atomic E-state index is 13.4. The summed E-state index contributed by atoms with van der Waals surface area (Å²) in [5, 5.41) is 3.03. The molecule has 3 heterocycles. The third kappa shape index (κ3) is 4.13. The van der Waals surface area contributed by atoms with Gasteiger partial charge in [0, 0.05) is 41.1 Å². The fourth-order valence-corrected chi connectivity index (χ4v) is 5.33. The number of nitrogens with one attached hydrogen (secondary N) is 1. The van der Waals surface area contributed by atoms with Crippen molar-refractivity contribution < 1.29 is 21.6 Å². The molecule has 0 atom stereocenters. The SMILES string of the molecule is O=S(=O)(Nc1nccs1)c1ccc2c(-c3ccc(C(F)(F)F)cc3-n3ccnc3)nccc2c1. The van der Waals surface area contributed by atoms with E-state index in [1.807, 2.05) is 0 Å².